The second kappa shape index (κ2) is 5.10. The smallest absolute Gasteiger partial charge is 0.0413 e. The lowest BCUT2D eigenvalue weighted by Crippen LogP contribution is -2.44. The van der Waals surface area contributed by atoms with Gasteiger partial charge in [0.25, 0.3) is 0 Å². The third kappa shape index (κ3) is 3.43. The van der Waals surface area contributed by atoms with E-state index >= 15 is 0 Å². The number of aromatic nitrogens is 1. The van der Waals surface area contributed by atoms with E-state index in [2.05, 4.69) is 59.1 Å². The number of halogens is 1. The van der Waals surface area contributed by atoms with Crippen LogP contribution in [0.15, 0.2) is 22.8 Å². The van der Waals surface area contributed by atoms with Crippen LogP contribution >= 0.6 is 15.9 Å². The molecule has 2 aliphatic carbocycles. The molecule has 0 aliphatic heterocycles. The largest absolute Gasteiger partial charge is 0.312 e. The molecule has 1 N–H and O–H groups in total. The molecule has 0 spiro atoms. The SMILES string of the molecule is CC(C)(C)NCC1(Cc2ccc(Br)cn2)CC2CC2C1. The van der Waals surface area contributed by atoms with Gasteiger partial charge in [0.1, 0.15) is 0 Å². The summed E-state index contributed by atoms with van der Waals surface area (Å²) in [6, 6.07) is 4.29. The molecule has 0 bridgehead atoms. The standard InChI is InChI=1S/C17H25BrN2/c1-16(2,3)20-11-17(7-12-6-13(12)8-17)9-15-5-4-14(18)10-19-15/h4-5,10,12-13,20H,6-9,11H2,1-3H3. The van der Waals surface area contributed by atoms with Crippen LogP contribution in [0.3, 0.4) is 0 Å². The number of rotatable bonds is 4. The lowest BCUT2D eigenvalue weighted by molar-refractivity contribution is 0.220. The third-order valence-corrected chi connectivity index (χ3v) is 5.27. The number of hydrogen-bond donors (Lipinski definition) is 1. The number of hydrogen-bond acceptors (Lipinski definition) is 2. The Hall–Kier alpha value is -0.410. The summed E-state index contributed by atoms with van der Waals surface area (Å²) < 4.78 is 1.07. The predicted octanol–water partition coefficient (Wildman–Crippen LogP) is 4.19. The zero-order chi connectivity index (χ0) is 14.4. The number of nitrogens with zero attached hydrogens (tertiary/aromatic N) is 1. The van der Waals surface area contributed by atoms with Gasteiger partial charge in [-0.2, -0.15) is 0 Å². The van der Waals surface area contributed by atoms with E-state index < -0.39 is 0 Å². The van der Waals surface area contributed by atoms with Gasteiger partial charge in [-0.05, 0) is 91.8 Å². The van der Waals surface area contributed by atoms with E-state index in [0.717, 1.165) is 29.3 Å². The first kappa shape index (κ1) is 14.5. The minimum atomic E-state index is 0.201. The average Bonchev–Trinajstić information content (AvgIpc) is 2.98. The Morgan fingerprint density at radius 2 is 2.00 bits per heavy atom. The van der Waals surface area contributed by atoms with Crippen molar-refractivity contribution in [2.24, 2.45) is 17.3 Å². The first-order valence-corrected chi connectivity index (χ1v) is 8.50. The van der Waals surface area contributed by atoms with Crippen LogP contribution in [0.2, 0.25) is 0 Å². The van der Waals surface area contributed by atoms with E-state index in [4.69, 9.17) is 0 Å². The van der Waals surface area contributed by atoms with Gasteiger partial charge in [0, 0.05) is 28.4 Å². The highest BCUT2D eigenvalue weighted by molar-refractivity contribution is 9.10. The summed E-state index contributed by atoms with van der Waals surface area (Å²) >= 11 is 3.47. The average molecular weight is 337 g/mol. The van der Waals surface area contributed by atoms with Crippen molar-refractivity contribution < 1.29 is 0 Å². The minimum Gasteiger partial charge on any atom is -0.312 e. The summed E-state index contributed by atoms with van der Waals surface area (Å²) in [5, 5.41) is 3.74. The summed E-state index contributed by atoms with van der Waals surface area (Å²) in [5.74, 6) is 2.01. The zero-order valence-electron chi connectivity index (χ0n) is 12.7. The molecule has 110 valence electrons. The molecule has 2 fully saturated rings. The van der Waals surface area contributed by atoms with E-state index in [1.54, 1.807) is 0 Å². The van der Waals surface area contributed by atoms with Crippen LogP contribution in [-0.2, 0) is 6.42 Å². The fraction of sp³-hybridized carbons (Fsp3) is 0.706. The quantitative estimate of drug-likeness (QED) is 0.891. The second-order valence-corrected chi connectivity index (χ2v) is 8.83. The van der Waals surface area contributed by atoms with Crippen molar-refractivity contribution in [2.45, 2.75) is 52.0 Å². The van der Waals surface area contributed by atoms with Gasteiger partial charge in [-0.25, -0.2) is 0 Å². The Kier molecular flexibility index (Phi) is 3.70. The Labute approximate surface area is 130 Å². The Morgan fingerprint density at radius 1 is 1.30 bits per heavy atom. The van der Waals surface area contributed by atoms with Gasteiger partial charge in [0.2, 0.25) is 0 Å². The molecule has 0 aromatic carbocycles. The monoisotopic (exact) mass is 336 g/mol. The van der Waals surface area contributed by atoms with Crippen LogP contribution in [0.1, 0.15) is 45.7 Å². The Morgan fingerprint density at radius 3 is 2.55 bits per heavy atom. The van der Waals surface area contributed by atoms with Gasteiger partial charge < -0.3 is 5.32 Å². The highest BCUT2D eigenvalue weighted by Gasteiger charge is 2.53. The van der Waals surface area contributed by atoms with Crippen LogP contribution in [0.4, 0.5) is 0 Å². The molecule has 2 aliphatic rings. The topological polar surface area (TPSA) is 24.9 Å². The molecule has 0 amide bonds. The first-order valence-electron chi connectivity index (χ1n) is 7.71. The van der Waals surface area contributed by atoms with Crippen molar-refractivity contribution in [3.05, 3.63) is 28.5 Å². The molecule has 0 radical (unpaired) electrons. The van der Waals surface area contributed by atoms with Crippen molar-refractivity contribution in [2.75, 3.05) is 6.54 Å². The highest BCUT2D eigenvalue weighted by Crippen LogP contribution is 2.60. The normalized spacial score (nSPS) is 32.2. The van der Waals surface area contributed by atoms with E-state index in [-0.39, 0.29) is 5.54 Å². The number of fused-ring (bicyclic) bond motifs is 1. The fourth-order valence-corrected chi connectivity index (χ4v) is 3.94. The van der Waals surface area contributed by atoms with Crippen molar-refractivity contribution in [3.8, 4) is 0 Å². The summed E-state index contributed by atoms with van der Waals surface area (Å²) in [4.78, 5) is 4.60. The van der Waals surface area contributed by atoms with E-state index in [9.17, 15) is 0 Å². The van der Waals surface area contributed by atoms with Crippen molar-refractivity contribution in [3.63, 3.8) is 0 Å². The molecule has 2 unspecified atom stereocenters. The Bertz CT molecular complexity index is 465. The lowest BCUT2D eigenvalue weighted by atomic mass is 9.78. The van der Waals surface area contributed by atoms with Gasteiger partial charge in [-0.1, -0.05) is 0 Å². The van der Waals surface area contributed by atoms with Crippen LogP contribution < -0.4 is 5.32 Å². The molecular formula is C17H25BrN2. The van der Waals surface area contributed by atoms with Gasteiger partial charge in [-0.15, -0.1) is 0 Å². The van der Waals surface area contributed by atoms with Crippen molar-refractivity contribution in [1.29, 1.82) is 0 Å². The summed E-state index contributed by atoms with van der Waals surface area (Å²) in [6.45, 7) is 7.90. The van der Waals surface area contributed by atoms with Gasteiger partial charge >= 0.3 is 0 Å². The van der Waals surface area contributed by atoms with Crippen molar-refractivity contribution in [1.82, 2.24) is 10.3 Å². The third-order valence-electron chi connectivity index (χ3n) is 4.80. The molecule has 0 saturated heterocycles. The zero-order valence-corrected chi connectivity index (χ0v) is 14.3. The maximum Gasteiger partial charge on any atom is 0.0413 e. The predicted molar refractivity (Wildman–Crippen MR) is 86.7 cm³/mol. The number of nitrogens with one attached hydrogen (secondary N) is 1. The highest BCUT2D eigenvalue weighted by atomic mass is 79.9. The summed E-state index contributed by atoms with van der Waals surface area (Å²) in [7, 11) is 0. The molecular weight excluding hydrogens is 312 g/mol. The fourth-order valence-electron chi connectivity index (χ4n) is 3.71. The molecule has 2 saturated carbocycles. The van der Waals surface area contributed by atoms with Gasteiger partial charge in [0.05, 0.1) is 0 Å². The Balaban J connectivity index is 1.71. The molecule has 20 heavy (non-hydrogen) atoms. The molecule has 2 nitrogen and oxygen atoms in total. The van der Waals surface area contributed by atoms with E-state index in [1.165, 1.54) is 25.0 Å². The van der Waals surface area contributed by atoms with Crippen molar-refractivity contribution >= 4 is 15.9 Å². The molecule has 2 atom stereocenters. The summed E-state index contributed by atoms with van der Waals surface area (Å²) in [6.07, 6.45) is 7.30. The van der Waals surface area contributed by atoms with Crippen LogP contribution in [-0.4, -0.2) is 17.1 Å². The van der Waals surface area contributed by atoms with Crippen LogP contribution in [0, 0.1) is 17.3 Å². The van der Waals surface area contributed by atoms with Gasteiger partial charge in [-0.3, -0.25) is 4.98 Å². The molecule has 3 heteroatoms. The van der Waals surface area contributed by atoms with Crippen LogP contribution in [0.25, 0.3) is 0 Å². The maximum absolute atomic E-state index is 4.60. The number of pyridine rings is 1. The molecule has 1 aromatic rings. The molecule has 1 aromatic heterocycles. The lowest BCUT2D eigenvalue weighted by Gasteiger charge is -2.34. The van der Waals surface area contributed by atoms with E-state index in [1.807, 2.05) is 6.20 Å². The maximum atomic E-state index is 4.60. The summed E-state index contributed by atoms with van der Waals surface area (Å²) in [5.41, 5.74) is 1.87. The van der Waals surface area contributed by atoms with E-state index in [0.29, 0.717) is 5.41 Å². The molecule has 1 heterocycles. The minimum absolute atomic E-state index is 0.201. The van der Waals surface area contributed by atoms with Gasteiger partial charge in [0.15, 0.2) is 0 Å². The second-order valence-electron chi connectivity index (χ2n) is 7.91. The first-order chi connectivity index (χ1) is 9.35. The molecule has 3 rings (SSSR count). The van der Waals surface area contributed by atoms with Crippen LogP contribution in [0.5, 0.6) is 0 Å².